The molecule has 0 aromatic heterocycles. The first-order valence-corrected chi connectivity index (χ1v) is 7.14. The first kappa shape index (κ1) is 14.3. The third kappa shape index (κ3) is 3.08. The lowest BCUT2D eigenvalue weighted by molar-refractivity contribution is -0.154. The number of hydrogen-bond acceptors (Lipinski definition) is 3. The van der Waals surface area contributed by atoms with Gasteiger partial charge in [-0.05, 0) is 32.7 Å². The predicted octanol–water partition coefficient (Wildman–Crippen LogP) is 1.04. The van der Waals surface area contributed by atoms with Crippen LogP contribution >= 0.6 is 0 Å². The fourth-order valence-corrected chi connectivity index (χ4v) is 3.16. The van der Waals surface area contributed by atoms with E-state index in [0.717, 1.165) is 6.54 Å². The molecule has 1 saturated carbocycles. The molecular formula is C14H24N2O3. The quantitative estimate of drug-likeness (QED) is 0.809. The summed E-state index contributed by atoms with van der Waals surface area (Å²) in [6.45, 7) is 5.20. The molecule has 0 aromatic rings. The van der Waals surface area contributed by atoms with E-state index in [-0.39, 0.29) is 17.9 Å². The van der Waals surface area contributed by atoms with Crippen molar-refractivity contribution in [3.8, 4) is 0 Å². The normalized spacial score (nSPS) is 31.9. The summed E-state index contributed by atoms with van der Waals surface area (Å²) >= 11 is 0. The minimum Gasteiger partial charge on any atom is -0.481 e. The van der Waals surface area contributed by atoms with E-state index < -0.39 is 11.9 Å². The van der Waals surface area contributed by atoms with E-state index in [2.05, 4.69) is 11.9 Å². The van der Waals surface area contributed by atoms with Crippen molar-refractivity contribution in [2.45, 2.75) is 45.2 Å². The Morgan fingerprint density at radius 3 is 2.58 bits per heavy atom. The average molecular weight is 268 g/mol. The van der Waals surface area contributed by atoms with Gasteiger partial charge >= 0.3 is 5.97 Å². The summed E-state index contributed by atoms with van der Waals surface area (Å²) in [5.74, 6) is -1.20. The van der Waals surface area contributed by atoms with Crippen LogP contribution in [0.15, 0.2) is 0 Å². The van der Waals surface area contributed by atoms with Gasteiger partial charge in [0.15, 0.2) is 0 Å². The maximum absolute atomic E-state index is 12.1. The molecule has 0 spiro atoms. The van der Waals surface area contributed by atoms with Crippen molar-refractivity contribution in [2.24, 2.45) is 11.8 Å². The van der Waals surface area contributed by atoms with Crippen molar-refractivity contribution in [3.05, 3.63) is 0 Å². The zero-order valence-corrected chi connectivity index (χ0v) is 12.0. The number of carboxylic acid groups (broad SMARTS) is 1. The maximum Gasteiger partial charge on any atom is 0.308 e. The van der Waals surface area contributed by atoms with Gasteiger partial charge in [0.05, 0.1) is 5.92 Å². The molecule has 19 heavy (non-hydrogen) atoms. The van der Waals surface area contributed by atoms with Crippen molar-refractivity contribution < 1.29 is 14.7 Å². The standard InChI is InChI=1S/C14H24N2O3/c1-9-8-12(17)16(10(2)13(9)14(18)19)7-6-15(3)11-4-5-11/h9-11,13H,4-8H2,1-3H3,(H,18,19). The van der Waals surface area contributed by atoms with Gasteiger partial charge in [-0.15, -0.1) is 0 Å². The van der Waals surface area contributed by atoms with Gasteiger partial charge in [-0.25, -0.2) is 0 Å². The molecule has 0 radical (unpaired) electrons. The largest absolute Gasteiger partial charge is 0.481 e. The van der Waals surface area contributed by atoms with Gasteiger partial charge in [-0.3, -0.25) is 9.59 Å². The Balaban J connectivity index is 1.96. The third-order valence-corrected chi connectivity index (χ3v) is 4.59. The molecule has 2 fully saturated rings. The zero-order chi connectivity index (χ0) is 14.2. The average Bonchev–Trinajstić information content (AvgIpc) is 3.10. The van der Waals surface area contributed by atoms with Crippen LogP contribution in [0.4, 0.5) is 0 Å². The van der Waals surface area contributed by atoms with E-state index in [9.17, 15) is 14.7 Å². The van der Waals surface area contributed by atoms with Crippen molar-refractivity contribution >= 4 is 11.9 Å². The van der Waals surface area contributed by atoms with Gasteiger partial charge < -0.3 is 14.9 Å². The summed E-state index contributed by atoms with van der Waals surface area (Å²) in [7, 11) is 2.08. The summed E-state index contributed by atoms with van der Waals surface area (Å²) < 4.78 is 0. The van der Waals surface area contributed by atoms with Gasteiger partial charge in [-0.1, -0.05) is 6.92 Å². The highest BCUT2D eigenvalue weighted by molar-refractivity contribution is 5.81. The number of carboxylic acids is 1. The van der Waals surface area contributed by atoms with E-state index in [1.165, 1.54) is 12.8 Å². The van der Waals surface area contributed by atoms with E-state index in [4.69, 9.17) is 0 Å². The highest BCUT2D eigenvalue weighted by atomic mass is 16.4. The first-order chi connectivity index (χ1) is 8.91. The fourth-order valence-electron chi connectivity index (χ4n) is 3.16. The maximum atomic E-state index is 12.1. The molecule has 3 unspecified atom stereocenters. The van der Waals surface area contributed by atoms with Crippen LogP contribution in [0.2, 0.25) is 0 Å². The topological polar surface area (TPSA) is 60.9 Å². The number of nitrogens with zero attached hydrogens (tertiary/aromatic N) is 2. The molecule has 5 heteroatoms. The Morgan fingerprint density at radius 1 is 1.42 bits per heavy atom. The van der Waals surface area contributed by atoms with Gasteiger partial charge in [0.1, 0.15) is 0 Å². The lowest BCUT2D eigenvalue weighted by Gasteiger charge is -2.41. The summed E-state index contributed by atoms with van der Waals surface area (Å²) in [5.41, 5.74) is 0. The summed E-state index contributed by atoms with van der Waals surface area (Å²) in [6.07, 6.45) is 2.85. The second kappa shape index (κ2) is 5.49. The van der Waals surface area contributed by atoms with E-state index in [1.807, 2.05) is 13.8 Å². The van der Waals surface area contributed by atoms with E-state index in [0.29, 0.717) is 19.0 Å². The summed E-state index contributed by atoms with van der Waals surface area (Å²) in [5, 5.41) is 9.31. The van der Waals surface area contributed by atoms with Crippen LogP contribution in [0.25, 0.3) is 0 Å². The Kier molecular flexibility index (Phi) is 4.13. The molecule has 5 nitrogen and oxygen atoms in total. The molecule has 3 atom stereocenters. The number of piperidine rings is 1. The van der Waals surface area contributed by atoms with Crippen LogP contribution in [0, 0.1) is 11.8 Å². The minimum absolute atomic E-state index is 0.0718. The van der Waals surface area contributed by atoms with E-state index in [1.54, 1.807) is 4.90 Å². The monoisotopic (exact) mass is 268 g/mol. The number of hydrogen-bond donors (Lipinski definition) is 1. The lowest BCUT2D eigenvalue weighted by atomic mass is 9.81. The Morgan fingerprint density at radius 2 is 2.05 bits per heavy atom. The molecule has 2 rings (SSSR count). The van der Waals surface area contributed by atoms with Crippen molar-refractivity contribution in [1.29, 1.82) is 0 Å². The Bertz CT molecular complexity index is 368. The molecule has 1 amide bonds. The van der Waals surface area contributed by atoms with Crippen LogP contribution in [-0.2, 0) is 9.59 Å². The Labute approximate surface area is 114 Å². The highest BCUT2D eigenvalue weighted by Crippen LogP contribution is 2.30. The molecule has 1 heterocycles. The molecule has 1 saturated heterocycles. The number of likely N-dealkylation sites (N-methyl/N-ethyl adjacent to an activating group) is 1. The first-order valence-electron chi connectivity index (χ1n) is 7.14. The van der Waals surface area contributed by atoms with Gasteiger partial charge in [0.2, 0.25) is 5.91 Å². The molecule has 0 bridgehead atoms. The van der Waals surface area contributed by atoms with Crippen LogP contribution in [-0.4, -0.2) is 59.0 Å². The minimum atomic E-state index is -0.784. The predicted molar refractivity (Wildman–Crippen MR) is 71.7 cm³/mol. The molecular weight excluding hydrogens is 244 g/mol. The van der Waals surface area contributed by atoms with Crippen LogP contribution < -0.4 is 0 Å². The number of carbonyl (C=O) groups is 2. The summed E-state index contributed by atoms with van der Waals surface area (Å²) in [4.78, 5) is 27.5. The molecule has 1 aliphatic carbocycles. The molecule has 1 N–H and O–H groups in total. The number of amides is 1. The molecule has 108 valence electrons. The highest BCUT2D eigenvalue weighted by Gasteiger charge is 2.41. The van der Waals surface area contributed by atoms with Crippen molar-refractivity contribution in [1.82, 2.24) is 9.80 Å². The van der Waals surface area contributed by atoms with Crippen molar-refractivity contribution in [2.75, 3.05) is 20.1 Å². The van der Waals surface area contributed by atoms with Gasteiger partial charge in [0, 0.05) is 31.6 Å². The number of carbonyl (C=O) groups excluding carboxylic acids is 1. The molecule has 1 aliphatic heterocycles. The second-order valence-electron chi connectivity index (χ2n) is 6.08. The van der Waals surface area contributed by atoms with Crippen molar-refractivity contribution in [3.63, 3.8) is 0 Å². The van der Waals surface area contributed by atoms with Crippen LogP contribution in [0.3, 0.4) is 0 Å². The summed E-state index contributed by atoms with van der Waals surface area (Å²) in [6, 6.07) is 0.464. The third-order valence-electron chi connectivity index (χ3n) is 4.59. The van der Waals surface area contributed by atoms with Crippen LogP contribution in [0.5, 0.6) is 0 Å². The number of aliphatic carboxylic acids is 1. The second-order valence-corrected chi connectivity index (χ2v) is 6.08. The SMILES string of the molecule is CC1CC(=O)N(CCN(C)C2CC2)C(C)C1C(=O)O. The van der Waals surface area contributed by atoms with Gasteiger partial charge in [0.25, 0.3) is 0 Å². The van der Waals surface area contributed by atoms with Gasteiger partial charge in [-0.2, -0.15) is 0 Å². The van der Waals surface area contributed by atoms with E-state index >= 15 is 0 Å². The fraction of sp³-hybridized carbons (Fsp3) is 0.857. The zero-order valence-electron chi connectivity index (χ0n) is 12.0. The Hall–Kier alpha value is -1.10. The smallest absolute Gasteiger partial charge is 0.308 e. The lowest BCUT2D eigenvalue weighted by Crippen LogP contribution is -2.54. The number of likely N-dealkylation sites (tertiary alicyclic amines) is 1. The van der Waals surface area contributed by atoms with Crippen LogP contribution in [0.1, 0.15) is 33.1 Å². The molecule has 2 aliphatic rings. The number of rotatable bonds is 5. The molecule has 0 aromatic carbocycles.